The van der Waals surface area contributed by atoms with Crippen molar-refractivity contribution in [1.82, 2.24) is 5.32 Å². The number of fused-ring (bicyclic) bond motifs is 1. The molecular formula is C13H19NO3Si. The number of hydrogen-bond donors (Lipinski definition) is 2. The van der Waals surface area contributed by atoms with Crippen molar-refractivity contribution in [2.24, 2.45) is 0 Å². The van der Waals surface area contributed by atoms with Crippen LogP contribution >= 0.6 is 0 Å². The molecule has 0 fully saturated rings. The molecule has 1 aliphatic heterocycles. The first-order chi connectivity index (χ1) is 8.37. The molecule has 5 heteroatoms. The van der Waals surface area contributed by atoms with E-state index < -0.39 is 20.3 Å². The van der Waals surface area contributed by atoms with Gasteiger partial charge in [-0.05, 0) is 49.3 Å². The van der Waals surface area contributed by atoms with Gasteiger partial charge in [0.05, 0.1) is 0 Å². The molecule has 0 amide bonds. The smallest absolute Gasteiger partial charge is 0.325 e. The van der Waals surface area contributed by atoms with Gasteiger partial charge in [-0.2, -0.15) is 0 Å². The molecule has 0 saturated heterocycles. The highest BCUT2D eigenvalue weighted by Gasteiger charge is 2.26. The molecule has 1 atom stereocenters. The predicted molar refractivity (Wildman–Crippen MR) is 72.5 cm³/mol. The lowest BCUT2D eigenvalue weighted by molar-refractivity contribution is -0.139. The average molecular weight is 265 g/mol. The zero-order chi connectivity index (χ0) is 13.3. The molecule has 1 aromatic rings. The molecule has 0 aromatic heterocycles. The van der Waals surface area contributed by atoms with Crippen LogP contribution in [0.15, 0.2) is 18.2 Å². The number of nitrogens with one attached hydrogen (secondary N) is 1. The first-order valence-electron chi connectivity index (χ1n) is 6.15. The minimum Gasteiger partial charge on any atom is -0.544 e. The van der Waals surface area contributed by atoms with Crippen LogP contribution in [0.5, 0.6) is 5.75 Å². The van der Waals surface area contributed by atoms with Crippen LogP contribution in [-0.4, -0.2) is 25.9 Å². The molecular weight excluding hydrogens is 246 g/mol. The lowest BCUT2D eigenvalue weighted by Crippen LogP contribution is -2.35. The third kappa shape index (κ3) is 2.91. The van der Waals surface area contributed by atoms with Crippen LogP contribution in [0, 0.1) is 0 Å². The molecule has 0 bridgehead atoms. The predicted octanol–water partition coefficient (Wildman–Crippen LogP) is 2.17. The second-order valence-corrected chi connectivity index (χ2v) is 9.98. The fraction of sp³-hybridized carbons (Fsp3) is 0.462. The van der Waals surface area contributed by atoms with E-state index in [-0.39, 0.29) is 0 Å². The summed E-state index contributed by atoms with van der Waals surface area (Å²) in [5.41, 5.74) is 1.94. The zero-order valence-electron chi connectivity index (χ0n) is 11.0. The molecule has 1 aromatic carbocycles. The van der Waals surface area contributed by atoms with E-state index >= 15 is 0 Å². The summed E-state index contributed by atoms with van der Waals surface area (Å²) in [6, 6.07) is 5.15. The summed E-state index contributed by atoms with van der Waals surface area (Å²) in [6.07, 6.45) is 0.849. The molecule has 4 nitrogen and oxygen atoms in total. The standard InChI is InChI=1S/C13H19NO3Si/c1-18(2,3)17-10-4-5-11-9(8-10)6-7-14-12(11)13(15)16/h4-5,8,12,14H,6-7H2,1-3H3,(H,15,16). The Morgan fingerprint density at radius 3 is 2.78 bits per heavy atom. The van der Waals surface area contributed by atoms with Gasteiger partial charge in [0.1, 0.15) is 11.8 Å². The second-order valence-electron chi connectivity index (χ2n) is 5.55. The molecule has 2 rings (SSSR count). The Hall–Kier alpha value is -1.33. The van der Waals surface area contributed by atoms with E-state index in [1.165, 1.54) is 0 Å². The Morgan fingerprint density at radius 1 is 1.44 bits per heavy atom. The number of hydrogen-bond acceptors (Lipinski definition) is 3. The lowest BCUT2D eigenvalue weighted by Gasteiger charge is -2.26. The summed E-state index contributed by atoms with van der Waals surface area (Å²) in [5.74, 6) is 0.0359. The van der Waals surface area contributed by atoms with Crippen LogP contribution in [-0.2, 0) is 11.2 Å². The third-order valence-corrected chi connectivity index (χ3v) is 3.69. The van der Waals surface area contributed by atoms with Gasteiger partial charge in [-0.25, -0.2) is 0 Å². The Bertz CT molecular complexity index is 468. The summed E-state index contributed by atoms with van der Waals surface area (Å²) >= 11 is 0. The molecule has 0 aliphatic carbocycles. The largest absolute Gasteiger partial charge is 0.544 e. The zero-order valence-corrected chi connectivity index (χ0v) is 12.0. The van der Waals surface area contributed by atoms with E-state index in [9.17, 15) is 4.79 Å². The quantitative estimate of drug-likeness (QED) is 0.822. The fourth-order valence-corrected chi connectivity index (χ4v) is 3.01. The average Bonchev–Trinajstić information content (AvgIpc) is 2.25. The maximum atomic E-state index is 11.1. The molecule has 1 aliphatic rings. The molecule has 1 heterocycles. The van der Waals surface area contributed by atoms with Gasteiger partial charge in [-0.3, -0.25) is 4.79 Å². The van der Waals surface area contributed by atoms with Crippen molar-refractivity contribution in [1.29, 1.82) is 0 Å². The van der Waals surface area contributed by atoms with Gasteiger partial charge in [-0.15, -0.1) is 0 Å². The maximum Gasteiger partial charge on any atom is 0.325 e. The van der Waals surface area contributed by atoms with E-state index in [0.29, 0.717) is 6.54 Å². The summed E-state index contributed by atoms with van der Waals surface area (Å²) in [4.78, 5) is 11.1. The van der Waals surface area contributed by atoms with Gasteiger partial charge in [0.15, 0.2) is 0 Å². The van der Waals surface area contributed by atoms with Crippen molar-refractivity contribution in [3.8, 4) is 5.75 Å². The summed E-state index contributed by atoms with van der Waals surface area (Å²) in [6.45, 7) is 7.09. The first kappa shape index (κ1) is 13.1. The topological polar surface area (TPSA) is 58.6 Å². The van der Waals surface area contributed by atoms with Crippen molar-refractivity contribution in [3.63, 3.8) is 0 Å². The molecule has 18 heavy (non-hydrogen) atoms. The van der Waals surface area contributed by atoms with E-state index in [2.05, 4.69) is 25.0 Å². The van der Waals surface area contributed by atoms with Crippen molar-refractivity contribution in [2.75, 3.05) is 6.54 Å². The number of aliphatic carboxylic acids is 1. The SMILES string of the molecule is C[Si](C)(C)Oc1ccc2c(c1)CCNC2C(=O)O. The van der Waals surface area contributed by atoms with Crippen LogP contribution in [0.25, 0.3) is 0 Å². The van der Waals surface area contributed by atoms with Crippen LogP contribution < -0.4 is 9.74 Å². The molecule has 2 N–H and O–H groups in total. The van der Waals surface area contributed by atoms with Crippen LogP contribution in [0.1, 0.15) is 17.2 Å². The summed E-state index contributed by atoms with van der Waals surface area (Å²) in [7, 11) is -1.61. The Kier molecular flexibility index (Phi) is 3.45. The van der Waals surface area contributed by atoms with Gasteiger partial charge < -0.3 is 14.8 Å². The first-order valence-corrected chi connectivity index (χ1v) is 9.56. The van der Waals surface area contributed by atoms with Crippen LogP contribution in [0.4, 0.5) is 0 Å². The number of carboxylic acids is 1. The van der Waals surface area contributed by atoms with Crippen LogP contribution in [0.3, 0.4) is 0 Å². The normalized spacial score (nSPS) is 19.2. The minimum atomic E-state index is -1.61. The number of carbonyl (C=O) groups is 1. The molecule has 1 unspecified atom stereocenters. The maximum absolute atomic E-state index is 11.1. The Balaban J connectivity index is 2.30. The molecule has 0 radical (unpaired) electrons. The molecule has 98 valence electrons. The van der Waals surface area contributed by atoms with E-state index in [1.807, 2.05) is 18.2 Å². The monoisotopic (exact) mass is 265 g/mol. The minimum absolute atomic E-state index is 0.588. The summed E-state index contributed by atoms with van der Waals surface area (Å²) < 4.78 is 5.93. The Labute approximate surface area is 108 Å². The van der Waals surface area contributed by atoms with Crippen molar-refractivity contribution >= 4 is 14.3 Å². The van der Waals surface area contributed by atoms with Crippen LogP contribution in [0.2, 0.25) is 19.6 Å². The Morgan fingerprint density at radius 2 is 2.17 bits per heavy atom. The number of carboxylic acid groups (broad SMARTS) is 1. The highest BCUT2D eigenvalue weighted by atomic mass is 28.4. The highest BCUT2D eigenvalue weighted by Crippen LogP contribution is 2.28. The van der Waals surface area contributed by atoms with Gasteiger partial charge in [0.25, 0.3) is 0 Å². The lowest BCUT2D eigenvalue weighted by atomic mass is 9.94. The fourth-order valence-electron chi connectivity index (χ4n) is 2.18. The van der Waals surface area contributed by atoms with E-state index in [1.54, 1.807) is 0 Å². The van der Waals surface area contributed by atoms with Gasteiger partial charge >= 0.3 is 5.97 Å². The third-order valence-electron chi connectivity index (χ3n) is 2.84. The number of rotatable bonds is 3. The van der Waals surface area contributed by atoms with E-state index in [0.717, 1.165) is 23.3 Å². The van der Waals surface area contributed by atoms with Gasteiger partial charge in [-0.1, -0.05) is 6.07 Å². The highest BCUT2D eigenvalue weighted by molar-refractivity contribution is 6.70. The van der Waals surface area contributed by atoms with Gasteiger partial charge in [0, 0.05) is 6.54 Å². The van der Waals surface area contributed by atoms with Crippen molar-refractivity contribution in [2.45, 2.75) is 32.1 Å². The van der Waals surface area contributed by atoms with Crippen molar-refractivity contribution < 1.29 is 14.3 Å². The molecule has 0 spiro atoms. The van der Waals surface area contributed by atoms with E-state index in [4.69, 9.17) is 9.53 Å². The second kappa shape index (κ2) is 4.74. The number of benzene rings is 1. The van der Waals surface area contributed by atoms with Gasteiger partial charge in [0.2, 0.25) is 8.32 Å². The van der Waals surface area contributed by atoms with Crippen molar-refractivity contribution in [3.05, 3.63) is 29.3 Å². The molecule has 0 saturated carbocycles. The summed E-state index contributed by atoms with van der Waals surface area (Å²) in [5, 5.41) is 12.2.